The number of allylic oxidation sites excluding steroid dienone is 2. The highest BCUT2D eigenvalue weighted by atomic mass is 16.2. The van der Waals surface area contributed by atoms with E-state index in [1.807, 2.05) is 14.1 Å². The van der Waals surface area contributed by atoms with Crippen LogP contribution in [0.25, 0.3) is 0 Å². The molecule has 1 saturated heterocycles. The predicted molar refractivity (Wildman–Crippen MR) is 214 cm³/mol. The van der Waals surface area contributed by atoms with E-state index in [0.717, 1.165) is 55.6 Å². The Bertz CT molecular complexity index is 1730. The van der Waals surface area contributed by atoms with Gasteiger partial charge in [-0.05, 0) is 102 Å². The van der Waals surface area contributed by atoms with E-state index in [0.29, 0.717) is 19.3 Å². The van der Waals surface area contributed by atoms with Gasteiger partial charge in [-0.15, -0.1) is 0 Å². The molecule has 0 N–H and O–H groups in total. The minimum absolute atomic E-state index is 0.0132. The molecule has 6 heteroatoms. The van der Waals surface area contributed by atoms with Gasteiger partial charge in [0.05, 0.1) is 11.7 Å². The van der Waals surface area contributed by atoms with E-state index in [1.54, 1.807) is 0 Å². The van der Waals surface area contributed by atoms with Crippen molar-refractivity contribution in [3.8, 4) is 0 Å². The molecule has 3 fully saturated rings. The summed E-state index contributed by atoms with van der Waals surface area (Å²) >= 11 is 0. The Balaban J connectivity index is 1.17. The van der Waals surface area contributed by atoms with Crippen molar-refractivity contribution >= 4 is 29.4 Å². The Morgan fingerprint density at radius 3 is 1.96 bits per heavy atom. The standard InChI is InChI=1S/C46H63N4O2/c1-43(2)27-18-28-44(3,4)48(43)34-26-40-46(31-15-8-16-32-46)36-20-10-12-22-38(36)50(40)42(52)24-17-23-41(51)49-37-21-11-9-19-35(37)45(29-13-7-14-30-45)39(49)25-33-47(5)6/h9-12,19-22,25-26,33-34,39H,7-8,13-18,23-24,27-32H2,1-6H3/q+1. The zero-order valence-electron chi connectivity index (χ0n) is 32.9. The Hall–Kier alpha value is -3.67. The quantitative estimate of drug-likeness (QED) is 0.270. The average Bonchev–Trinajstić information content (AvgIpc) is 3.53. The number of carbonyl (C=O) groups excluding carboxylic acids is 2. The molecule has 0 radical (unpaired) electrons. The number of anilines is 2. The van der Waals surface area contributed by atoms with Crippen LogP contribution in [0.1, 0.15) is 142 Å². The van der Waals surface area contributed by atoms with Gasteiger partial charge in [0, 0.05) is 68.1 Å². The normalized spacial score (nSPS) is 24.8. The molecular weight excluding hydrogens is 641 g/mol. The molecule has 2 aromatic carbocycles. The zero-order valence-corrected chi connectivity index (χ0v) is 32.9. The summed E-state index contributed by atoms with van der Waals surface area (Å²) in [7, 11) is 4.10. The van der Waals surface area contributed by atoms with Gasteiger partial charge >= 0.3 is 0 Å². The van der Waals surface area contributed by atoms with Crippen molar-refractivity contribution in [3.05, 3.63) is 83.7 Å². The first-order valence-electron chi connectivity index (χ1n) is 20.5. The van der Waals surface area contributed by atoms with E-state index in [-0.39, 0.29) is 39.8 Å². The van der Waals surface area contributed by atoms with Crippen molar-refractivity contribution in [3.63, 3.8) is 0 Å². The lowest BCUT2D eigenvalue weighted by Gasteiger charge is -2.40. The molecule has 0 bridgehead atoms. The molecule has 2 aliphatic carbocycles. The Morgan fingerprint density at radius 1 is 0.731 bits per heavy atom. The molecular formula is C46H63N4O2+. The Kier molecular flexibility index (Phi) is 10.1. The maximum atomic E-state index is 14.7. The number of para-hydroxylation sites is 2. The van der Waals surface area contributed by atoms with Crippen molar-refractivity contribution in [2.24, 2.45) is 0 Å². The van der Waals surface area contributed by atoms with Crippen molar-refractivity contribution < 1.29 is 14.2 Å². The molecule has 2 amide bonds. The van der Waals surface area contributed by atoms with Crippen LogP contribution in [0, 0.1) is 0 Å². The molecule has 2 aromatic rings. The van der Waals surface area contributed by atoms with Gasteiger partial charge in [-0.3, -0.25) is 14.5 Å². The summed E-state index contributed by atoms with van der Waals surface area (Å²) in [5.41, 5.74) is 5.76. The summed E-state index contributed by atoms with van der Waals surface area (Å²) in [6.07, 6.45) is 25.4. The van der Waals surface area contributed by atoms with Gasteiger partial charge in [-0.25, -0.2) is 4.58 Å². The lowest BCUT2D eigenvalue weighted by molar-refractivity contribution is -0.671. The van der Waals surface area contributed by atoms with Gasteiger partial charge in [0.2, 0.25) is 11.8 Å². The Morgan fingerprint density at radius 2 is 1.31 bits per heavy atom. The van der Waals surface area contributed by atoms with Crippen LogP contribution in [0.5, 0.6) is 0 Å². The van der Waals surface area contributed by atoms with Crippen LogP contribution in [0.2, 0.25) is 0 Å². The van der Waals surface area contributed by atoms with Crippen LogP contribution in [0.3, 0.4) is 0 Å². The number of fused-ring (bicyclic) bond motifs is 4. The lowest BCUT2D eigenvalue weighted by atomic mass is 9.66. The van der Waals surface area contributed by atoms with Crippen molar-refractivity contribution in [1.82, 2.24) is 4.90 Å². The van der Waals surface area contributed by atoms with Crippen LogP contribution < -0.4 is 9.80 Å². The zero-order chi connectivity index (χ0) is 36.7. The van der Waals surface area contributed by atoms with Crippen molar-refractivity contribution in [1.29, 1.82) is 0 Å². The monoisotopic (exact) mass is 703 g/mol. The van der Waals surface area contributed by atoms with E-state index in [2.05, 4.69) is 120 Å². The lowest BCUT2D eigenvalue weighted by Crippen LogP contribution is -2.52. The smallest absolute Gasteiger partial charge is 0.231 e. The van der Waals surface area contributed by atoms with Gasteiger partial charge in [-0.2, -0.15) is 0 Å². The third kappa shape index (κ3) is 6.36. The van der Waals surface area contributed by atoms with Gasteiger partial charge < -0.3 is 9.80 Å². The molecule has 0 aromatic heterocycles. The van der Waals surface area contributed by atoms with Crippen LogP contribution in [0.4, 0.5) is 11.4 Å². The Labute approximate surface area is 313 Å². The van der Waals surface area contributed by atoms with E-state index >= 15 is 0 Å². The van der Waals surface area contributed by atoms with E-state index in [1.165, 1.54) is 56.1 Å². The number of benzene rings is 2. The highest BCUT2D eigenvalue weighted by Crippen LogP contribution is 2.56. The second-order valence-corrected chi connectivity index (χ2v) is 18.0. The molecule has 6 nitrogen and oxygen atoms in total. The fraction of sp³-hybridized carbons (Fsp3) is 0.587. The second kappa shape index (κ2) is 14.3. The highest BCUT2D eigenvalue weighted by molar-refractivity contribution is 6.02. The van der Waals surface area contributed by atoms with Crippen LogP contribution in [-0.2, 0) is 20.4 Å². The number of amides is 2. The van der Waals surface area contributed by atoms with Crippen LogP contribution in [-0.4, -0.2) is 58.7 Å². The summed E-state index contributed by atoms with van der Waals surface area (Å²) < 4.78 is 2.56. The number of carbonyl (C=O) groups is 2. The van der Waals surface area contributed by atoms with Gasteiger partial charge in [0.25, 0.3) is 0 Å². The van der Waals surface area contributed by atoms with Crippen molar-refractivity contribution in [2.45, 2.75) is 158 Å². The first-order chi connectivity index (χ1) is 24.9. The van der Waals surface area contributed by atoms with Crippen LogP contribution in [0.15, 0.2) is 72.6 Å². The third-order valence-electron chi connectivity index (χ3n) is 13.5. The SMILES string of the molecule is CN(C)C=CC1N(C(=O)CCCC(=O)N2/C(=C/C=[N+]3C(C)(C)CCCC3(C)C)C3(CCCCC3)c3ccccc32)c2ccccc2C12CCCCC2. The van der Waals surface area contributed by atoms with Crippen LogP contribution >= 0.6 is 0 Å². The molecule has 2 saturated carbocycles. The number of hydrogen-bond donors (Lipinski definition) is 0. The topological polar surface area (TPSA) is 46.9 Å². The maximum absolute atomic E-state index is 14.7. The largest absolute Gasteiger partial charge is 0.384 e. The minimum Gasteiger partial charge on any atom is -0.384 e. The summed E-state index contributed by atoms with van der Waals surface area (Å²) in [5.74, 6) is 0.231. The molecule has 3 heterocycles. The molecule has 278 valence electrons. The summed E-state index contributed by atoms with van der Waals surface area (Å²) in [5, 5.41) is 0. The molecule has 7 rings (SSSR count). The molecule has 3 aliphatic heterocycles. The number of piperidine rings is 1. The first-order valence-corrected chi connectivity index (χ1v) is 20.5. The minimum atomic E-state index is -0.152. The molecule has 52 heavy (non-hydrogen) atoms. The van der Waals surface area contributed by atoms with Gasteiger partial charge in [0.1, 0.15) is 0 Å². The molecule has 1 unspecified atom stereocenters. The van der Waals surface area contributed by atoms with E-state index < -0.39 is 0 Å². The number of nitrogens with zero attached hydrogens (tertiary/aromatic N) is 4. The molecule has 5 aliphatic rings. The second-order valence-electron chi connectivity index (χ2n) is 18.0. The van der Waals surface area contributed by atoms with Crippen molar-refractivity contribution in [2.75, 3.05) is 23.9 Å². The fourth-order valence-corrected chi connectivity index (χ4v) is 11.1. The maximum Gasteiger partial charge on any atom is 0.231 e. The summed E-state index contributed by atoms with van der Waals surface area (Å²) in [6.45, 7) is 9.44. The van der Waals surface area contributed by atoms with E-state index in [4.69, 9.17) is 0 Å². The summed E-state index contributed by atoms with van der Waals surface area (Å²) in [4.78, 5) is 35.3. The highest BCUT2D eigenvalue weighted by Gasteiger charge is 2.53. The molecule has 2 spiro atoms. The van der Waals surface area contributed by atoms with E-state index in [9.17, 15) is 9.59 Å². The first kappa shape index (κ1) is 36.7. The number of hydrogen-bond acceptors (Lipinski definition) is 3. The third-order valence-corrected chi connectivity index (χ3v) is 13.5. The summed E-state index contributed by atoms with van der Waals surface area (Å²) in [6, 6.07) is 17.2. The molecule has 1 atom stereocenters. The van der Waals surface area contributed by atoms with Gasteiger partial charge in [-0.1, -0.05) is 74.9 Å². The fourth-order valence-electron chi connectivity index (χ4n) is 11.1. The number of rotatable bonds is 7. The average molecular weight is 704 g/mol. The van der Waals surface area contributed by atoms with Gasteiger partial charge in [0.15, 0.2) is 17.3 Å². The predicted octanol–water partition coefficient (Wildman–Crippen LogP) is 9.81.